The molecule has 0 spiro atoms. The molecule has 6 heteroatoms. The van der Waals surface area contributed by atoms with Gasteiger partial charge in [0.25, 0.3) is 5.91 Å². The lowest BCUT2D eigenvalue weighted by Gasteiger charge is -2.13. The molecule has 2 aromatic carbocycles. The number of unbranched alkanes of at least 4 members (excludes halogenated alkanes) is 3. The Labute approximate surface area is 164 Å². The van der Waals surface area contributed by atoms with E-state index in [1.54, 1.807) is 30.3 Å². The fourth-order valence-electron chi connectivity index (χ4n) is 2.38. The molecule has 2 aromatic rings. The average molecular weight is 391 g/mol. The van der Waals surface area contributed by atoms with Crippen molar-refractivity contribution >= 4 is 40.5 Å². The number of carbonyl (C=O) groups excluding carboxylic acids is 1. The van der Waals surface area contributed by atoms with E-state index in [2.05, 4.69) is 17.6 Å². The molecular formula is C20H23ClN2O2S. The molecule has 4 nitrogen and oxygen atoms in total. The van der Waals surface area contributed by atoms with Crippen molar-refractivity contribution in [3.05, 3.63) is 59.1 Å². The molecule has 0 aliphatic heterocycles. The Morgan fingerprint density at radius 2 is 1.81 bits per heavy atom. The molecule has 0 radical (unpaired) electrons. The highest BCUT2D eigenvalue weighted by molar-refractivity contribution is 7.80. The predicted octanol–water partition coefficient (Wildman–Crippen LogP) is 5.43. The van der Waals surface area contributed by atoms with Crippen LogP contribution in [0.3, 0.4) is 0 Å². The first-order valence-electron chi connectivity index (χ1n) is 8.70. The molecule has 0 heterocycles. The first kappa shape index (κ1) is 20.2. The summed E-state index contributed by atoms with van der Waals surface area (Å²) in [7, 11) is 0. The number of rotatable bonds is 8. The first-order valence-corrected chi connectivity index (χ1v) is 9.49. The zero-order chi connectivity index (χ0) is 18.8. The third-order valence-corrected chi connectivity index (χ3v) is 4.27. The minimum atomic E-state index is -0.321. The normalized spacial score (nSPS) is 10.2. The molecule has 0 aromatic heterocycles. The molecule has 2 N–H and O–H groups in total. The molecule has 0 bridgehead atoms. The number of halogens is 1. The molecule has 2 rings (SSSR count). The highest BCUT2D eigenvalue weighted by atomic mass is 35.5. The van der Waals surface area contributed by atoms with Crippen molar-refractivity contribution in [1.29, 1.82) is 0 Å². The summed E-state index contributed by atoms with van der Waals surface area (Å²) in [5.41, 5.74) is 1.09. The number of benzene rings is 2. The second kappa shape index (κ2) is 10.8. The second-order valence-electron chi connectivity index (χ2n) is 5.79. The molecule has 138 valence electrons. The number of hydrogen-bond donors (Lipinski definition) is 2. The van der Waals surface area contributed by atoms with Crippen LogP contribution in [-0.4, -0.2) is 17.6 Å². The summed E-state index contributed by atoms with van der Waals surface area (Å²) in [4.78, 5) is 12.5. The molecule has 0 atom stereocenters. The van der Waals surface area contributed by atoms with Crippen LogP contribution in [0.1, 0.15) is 43.0 Å². The van der Waals surface area contributed by atoms with Crippen LogP contribution in [0.4, 0.5) is 5.69 Å². The number of nitrogens with one attached hydrogen (secondary N) is 2. The van der Waals surface area contributed by atoms with E-state index in [1.807, 2.05) is 18.2 Å². The van der Waals surface area contributed by atoms with Crippen LogP contribution in [0.2, 0.25) is 5.02 Å². The van der Waals surface area contributed by atoms with Gasteiger partial charge in [-0.25, -0.2) is 0 Å². The summed E-state index contributed by atoms with van der Waals surface area (Å²) in [5, 5.41) is 6.30. The summed E-state index contributed by atoms with van der Waals surface area (Å²) < 4.78 is 5.78. The van der Waals surface area contributed by atoms with Crippen molar-refractivity contribution < 1.29 is 9.53 Å². The van der Waals surface area contributed by atoms with Gasteiger partial charge in [-0.3, -0.25) is 10.1 Å². The van der Waals surface area contributed by atoms with Crippen LogP contribution in [0.15, 0.2) is 48.5 Å². The molecule has 0 aliphatic rings. The van der Waals surface area contributed by atoms with Gasteiger partial charge in [0.05, 0.1) is 22.9 Å². The van der Waals surface area contributed by atoms with Crippen LogP contribution in [0.25, 0.3) is 0 Å². The van der Waals surface area contributed by atoms with Crippen molar-refractivity contribution in [2.75, 3.05) is 11.9 Å². The summed E-state index contributed by atoms with van der Waals surface area (Å²) in [6.07, 6.45) is 4.45. The van der Waals surface area contributed by atoms with E-state index in [1.165, 1.54) is 12.8 Å². The Bertz CT molecular complexity index is 752. The minimum absolute atomic E-state index is 0.181. The van der Waals surface area contributed by atoms with Crippen molar-refractivity contribution in [3.8, 4) is 5.75 Å². The highest BCUT2D eigenvalue weighted by Gasteiger charge is 2.14. The number of anilines is 1. The molecule has 26 heavy (non-hydrogen) atoms. The molecule has 0 unspecified atom stereocenters. The molecule has 1 amide bonds. The number of ether oxygens (including phenoxy) is 1. The van der Waals surface area contributed by atoms with Crippen molar-refractivity contribution in [3.63, 3.8) is 0 Å². The summed E-state index contributed by atoms with van der Waals surface area (Å²) >= 11 is 11.3. The van der Waals surface area contributed by atoms with Crippen LogP contribution >= 0.6 is 23.8 Å². The van der Waals surface area contributed by atoms with Gasteiger partial charge in [-0.1, -0.05) is 62.1 Å². The average Bonchev–Trinajstić information content (AvgIpc) is 2.63. The Kier molecular flexibility index (Phi) is 8.38. The Morgan fingerprint density at radius 1 is 1.08 bits per heavy atom. The van der Waals surface area contributed by atoms with Gasteiger partial charge >= 0.3 is 0 Å². The van der Waals surface area contributed by atoms with Crippen LogP contribution in [-0.2, 0) is 0 Å². The summed E-state index contributed by atoms with van der Waals surface area (Å²) in [6, 6.07) is 14.3. The number of amides is 1. The van der Waals surface area contributed by atoms with Crippen molar-refractivity contribution in [1.82, 2.24) is 5.32 Å². The Balaban J connectivity index is 1.94. The zero-order valence-electron chi connectivity index (χ0n) is 14.8. The smallest absolute Gasteiger partial charge is 0.261 e. The molecule has 0 saturated heterocycles. The quantitative estimate of drug-likeness (QED) is 0.466. The van der Waals surface area contributed by atoms with Crippen molar-refractivity contribution in [2.24, 2.45) is 0 Å². The summed E-state index contributed by atoms with van der Waals surface area (Å²) in [5.74, 6) is 0.237. The number of thiocarbonyl (C=S) groups is 1. The van der Waals surface area contributed by atoms with Crippen LogP contribution in [0, 0.1) is 0 Å². The van der Waals surface area contributed by atoms with E-state index < -0.39 is 0 Å². The van der Waals surface area contributed by atoms with E-state index in [-0.39, 0.29) is 11.0 Å². The number of carbonyl (C=O) groups is 1. The van der Waals surface area contributed by atoms with Gasteiger partial charge < -0.3 is 10.1 Å². The van der Waals surface area contributed by atoms with Gasteiger partial charge in [0.2, 0.25) is 0 Å². The Hall–Kier alpha value is -2.11. The van der Waals surface area contributed by atoms with E-state index in [0.29, 0.717) is 28.6 Å². The van der Waals surface area contributed by atoms with Crippen LogP contribution in [0.5, 0.6) is 5.75 Å². The predicted molar refractivity (Wildman–Crippen MR) is 111 cm³/mol. The maximum Gasteiger partial charge on any atom is 0.261 e. The van der Waals surface area contributed by atoms with Gasteiger partial charge in [0.1, 0.15) is 5.75 Å². The second-order valence-corrected chi connectivity index (χ2v) is 6.61. The zero-order valence-corrected chi connectivity index (χ0v) is 16.3. The number of para-hydroxylation sites is 2. The van der Waals surface area contributed by atoms with E-state index in [4.69, 9.17) is 28.6 Å². The van der Waals surface area contributed by atoms with Gasteiger partial charge in [0.15, 0.2) is 5.11 Å². The van der Waals surface area contributed by atoms with E-state index in [0.717, 1.165) is 12.8 Å². The van der Waals surface area contributed by atoms with Gasteiger partial charge in [-0.05, 0) is 42.9 Å². The lowest BCUT2D eigenvalue weighted by atomic mass is 10.2. The van der Waals surface area contributed by atoms with Crippen LogP contribution < -0.4 is 15.4 Å². The lowest BCUT2D eigenvalue weighted by Crippen LogP contribution is -2.34. The largest absolute Gasteiger partial charge is 0.493 e. The molecular weight excluding hydrogens is 368 g/mol. The molecule has 0 fully saturated rings. The first-order chi connectivity index (χ1) is 12.6. The minimum Gasteiger partial charge on any atom is -0.493 e. The molecule has 0 aliphatic carbocycles. The third kappa shape index (κ3) is 6.32. The van der Waals surface area contributed by atoms with Gasteiger partial charge in [-0.15, -0.1) is 0 Å². The van der Waals surface area contributed by atoms with E-state index >= 15 is 0 Å². The van der Waals surface area contributed by atoms with Crippen molar-refractivity contribution in [2.45, 2.75) is 32.6 Å². The monoisotopic (exact) mass is 390 g/mol. The lowest BCUT2D eigenvalue weighted by molar-refractivity contribution is 0.0973. The maximum atomic E-state index is 12.5. The topological polar surface area (TPSA) is 50.4 Å². The highest BCUT2D eigenvalue weighted by Crippen LogP contribution is 2.21. The fraction of sp³-hybridized carbons (Fsp3) is 0.300. The molecule has 0 saturated carbocycles. The standard InChI is InChI=1S/C20H23ClN2O2S/c1-2-3-4-9-14-25-18-13-8-5-10-15(18)19(24)23-20(26)22-17-12-7-6-11-16(17)21/h5-8,10-13H,2-4,9,14H2,1H3,(H2,22,23,24,26). The number of hydrogen-bond acceptors (Lipinski definition) is 3. The third-order valence-electron chi connectivity index (χ3n) is 3.74. The maximum absolute atomic E-state index is 12.5. The van der Waals surface area contributed by atoms with Gasteiger partial charge in [-0.2, -0.15) is 0 Å². The van der Waals surface area contributed by atoms with Gasteiger partial charge in [0, 0.05) is 0 Å². The fourth-order valence-corrected chi connectivity index (χ4v) is 2.76. The van der Waals surface area contributed by atoms with E-state index in [9.17, 15) is 4.79 Å². The summed E-state index contributed by atoms with van der Waals surface area (Å²) in [6.45, 7) is 2.76. The SMILES string of the molecule is CCCCCCOc1ccccc1C(=O)NC(=S)Nc1ccccc1Cl. The Morgan fingerprint density at radius 3 is 2.58 bits per heavy atom.